The van der Waals surface area contributed by atoms with Gasteiger partial charge in [-0.15, -0.1) is 11.3 Å². The fraction of sp³-hybridized carbons (Fsp3) is 0.258. The largest absolute Gasteiger partial charge is 0.465 e. The lowest BCUT2D eigenvalue weighted by molar-refractivity contribution is -0.152. The Balaban J connectivity index is 1.85. The molecule has 0 radical (unpaired) electrons. The lowest BCUT2D eigenvalue weighted by Gasteiger charge is -2.44. The van der Waals surface area contributed by atoms with Crippen LogP contribution in [0.4, 0.5) is 10.1 Å². The van der Waals surface area contributed by atoms with Gasteiger partial charge < -0.3 is 15.2 Å². The van der Waals surface area contributed by atoms with E-state index >= 15 is 4.39 Å². The SMILES string of the molecule is CCOC(=O)C1=C(N)N(c2cc(Cl)cc(Cl)c2)C2=C(C(=O)C(C(=O)OCC)C(c3cccs3)C2)C1c1ccccc1F. The zero-order valence-corrected chi connectivity index (χ0v) is 25.1. The van der Waals surface area contributed by atoms with Gasteiger partial charge in [0, 0.05) is 37.7 Å². The number of esters is 2. The van der Waals surface area contributed by atoms with E-state index in [1.54, 1.807) is 32.0 Å². The van der Waals surface area contributed by atoms with Gasteiger partial charge in [-0.05, 0) is 56.0 Å². The van der Waals surface area contributed by atoms with E-state index < -0.39 is 41.3 Å². The van der Waals surface area contributed by atoms with E-state index in [1.165, 1.54) is 40.5 Å². The third-order valence-electron chi connectivity index (χ3n) is 7.30. The van der Waals surface area contributed by atoms with Crippen LogP contribution in [0.15, 0.2) is 82.6 Å². The summed E-state index contributed by atoms with van der Waals surface area (Å²) in [6, 6.07) is 14.2. The summed E-state index contributed by atoms with van der Waals surface area (Å²) in [4.78, 5) is 44.0. The van der Waals surface area contributed by atoms with Crippen LogP contribution in [0.3, 0.4) is 0 Å². The first-order valence-electron chi connectivity index (χ1n) is 13.3. The molecule has 1 aliphatic heterocycles. The molecule has 0 bridgehead atoms. The van der Waals surface area contributed by atoms with Crippen LogP contribution in [0.5, 0.6) is 0 Å². The lowest BCUT2D eigenvalue weighted by atomic mass is 9.68. The number of halogens is 3. The molecule has 0 fully saturated rings. The minimum atomic E-state index is -1.25. The van der Waals surface area contributed by atoms with Gasteiger partial charge in [0.05, 0.1) is 30.4 Å². The van der Waals surface area contributed by atoms with E-state index in [2.05, 4.69) is 0 Å². The number of Topliss-reactive ketones (excluding diaryl/α,β-unsaturated/α-hetero) is 1. The topological polar surface area (TPSA) is 98.9 Å². The molecule has 218 valence electrons. The Kier molecular flexibility index (Phi) is 8.73. The van der Waals surface area contributed by atoms with Crippen molar-refractivity contribution in [3.8, 4) is 0 Å². The zero-order chi connectivity index (χ0) is 30.1. The molecule has 2 heterocycles. The molecule has 2 N–H and O–H groups in total. The molecule has 0 saturated heterocycles. The van der Waals surface area contributed by atoms with Crippen molar-refractivity contribution in [2.24, 2.45) is 11.7 Å². The summed E-state index contributed by atoms with van der Waals surface area (Å²) in [6.45, 7) is 3.36. The maximum absolute atomic E-state index is 15.5. The molecule has 0 spiro atoms. The number of benzene rings is 2. The van der Waals surface area contributed by atoms with E-state index in [0.29, 0.717) is 21.4 Å². The van der Waals surface area contributed by atoms with Gasteiger partial charge >= 0.3 is 11.9 Å². The van der Waals surface area contributed by atoms with Gasteiger partial charge in [-0.1, -0.05) is 47.5 Å². The van der Waals surface area contributed by atoms with Crippen LogP contribution < -0.4 is 10.6 Å². The second kappa shape index (κ2) is 12.3. The number of hydrogen-bond acceptors (Lipinski definition) is 8. The summed E-state index contributed by atoms with van der Waals surface area (Å²) in [5.41, 5.74) is 7.54. The van der Waals surface area contributed by atoms with Crippen LogP contribution >= 0.6 is 34.5 Å². The van der Waals surface area contributed by atoms with Crippen molar-refractivity contribution in [3.63, 3.8) is 0 Å². The van der Waals surface area contributed by atoms with E-state index in [1.807, 2.05) is 17.5 Å². The van der Waals surface area contributed by atoms with Gasteiger partial charge in [0.25, 0.3) is 0 Å². The fourth-order valence-electron chi connectivity index (χ4n) is 5.69. The van der Waals surface area contributed by atoms with Crippen LogP contribution in [0, 0.1) is 11.7 Å². The van der Waals surface area contributed by atoms with Crippen LogP contribution in [0.2, 0.25) is 10.0 Å². The third kappa shape index (κ3) is 5.32. The Labute approximate surface area is 256 Å². The summed E-state index contributed by atoms with van der Waals surface area (Å²) in [5.74, 6) is -5.91. The zero-order valence-electron chi connectivity index (χ0n) is 22.7. The van der Waals surface area contributed by atoms with Crippen molar-refractivity contribution >= 4 is 57.9 Å². The monoisotopic (exact) mass is 628 g/mol. The first-order chi connectivity index (χ1) is 20.2. The Morgan fingerprint density at radius 2 is 1.74 bits per heavy atom. The number of rotatable bonds is 7. The molecule has 2 aromatic carbocycles. The summed E-state index contributed by atoms with van der Waals surface area (Å²) in [6.07, 6.45) is 0.150. The molecular formula is C31H27Cl2FN2O5S. The quantitative estimate of drug-likeness (QED) is 0.229. The Bertz CT molecular complexity index is 1600. The summed E-state index contributed by atoms with van der Waals surface area (Å²) < 4.78 is 26.3. The van der Waals surface area contributed by atoms with Gasteiger partial charge in [-0.25, -0.2) is 9.18 Å². The smallest absolute Gasteiger partial charge is 0.338 e. The summed E-state index contributed by atoms with van der Waals surface area (Å²) in [7, 11) is 0. The molecule has 3 aromatic rings. The average Bonchev–Trinajstić information content (AvgIpc) is 3.47. The van der Waals surface area contributed by atoms with Gasteiger partial charge in [0.2, 0.25) is 0 Å². The van der Waals surface area contributed by atoms with Crippen molar-refractivity contribution in [1.29, 1.82) is 0 Å². The maximum atomic E-state index is 15.5. The molecule has 7 nitrogen and oxygen atoms in total. The highest BCUT2D eigenvalue weighted by atomic mass is 35.5. The molecule has 1 aliphatic carbocycles. The number of nitrogens with two attached hydrogens (primary N) is 1. The fourth-order valence-corrected chi connectivity index (χ4v) is 7.07. The van der Waals surface area contributed by atoms with Crippen LogP contribution in [0.25, 0.3) is 0 Å². The highest BCUT2D eigenvalue weighted by Crippen LogP contribution is 2.52. The second-order valence-electron chi connectivity index (χ2n) is 9.72. The Morgan fingerprint density at radius 3 is 2.36 bits per heavy atom. The van der Waals surface area contributed by atoms with Crippen molar-refractivity contribution in [2.75, 3.05) is 18.1 Å². The van der Waals surface area contributed by atoms with Crippen molar-refractivity contribution < 1.29 is 28.2 Å². The Morgan fingerprint density at radius 1 is 1.05 bits per heavy atom. The van der Waals surface area contributed by atoms with Gasteiger partial charge in [0.1, 0.15) is 17.6 Å². The number of anilines is 1. The molecule has 0 amide bonds. The molecule has 3 atom stereocenters. The molecule has 5 rings (SSSR count). The number of carbonyl (C=O) groups excluding carboxylic acids is 3. The minimum absolute atomic E-state index is 0.00829. The lowest BCUT2D eigenvalue weighted by Crippen LogP contribution is -2.46. The molecule has 1 aromatic heterocycles. The number of ketones is 1. The predicted molar refractivity (Wildman–Crippen MR) is 160 cm³/mol. The third-order valence-corrected chi connectivity index (χ3v) is 8.75. The molecule has 3 unspecified atom stereocenters. The number of hydrogen-bond donors (Lipinski definition) is 1. The molecule has 42 heavy (non-hydrogen) atoms. The minimum Gasteiger partial charge on any atom is -0.465 e. The predicted octanol–water partition coefficient (Wildman–Crippen LogP) is 6.72. The van der Waals surface area contributed by atoms with Gasteiger partial charge in [-0.3, -0.25) is 14.5 Å². The number of nitrogens with zero attached hydrogens (tertiary/aromatic N) is 1. The van der Waals surface area contributed by atoms with E-state index in [-0.39, 0.29) is 42.2 Å². The van der Waals surface area contributed by atoms with Crippen LogP contribution in [-0.4, -0.2) is 30.9 Å². The Hall–Kier alpha value is -3.66. The standard InChI is InChI=1S/C31H27Cl2FN2O5S/c1-3-40-30(38)25-20(23-10-7-11-42-23)15-22-26(28(25)37)24(19-8-5-6-9-21(19)34)27(31(39)41-4-2)29(35)36(22)18-13-16(32)12-17(33)14-18/h5-14,20,24-25H,3-4,15,35H2,1-2H3. The highest BCUT2D eigenvalue weighted by Gasteiger charge is 2.52. The summed E-state index contributed by atoms with van der Waals surface area (Å²) in [5, 5.41) is 2.45. The number of thiophene rings is 1. The van der Waals surface area contributed by atoms with Gasteiger partial charge in [0.15, 0.2) is 5.78 Å². The number of ether oxygens (including phenoxy) is 2. The molecular weight excluding hydrogens is 602 g/mol. The highest BCUT2D eigenvalue weighted by molar-refractivity contribution is 7.10. The van der Waals surface area contributed by atoms with E-state index in [9.17, 15) is 14.4 Å². The number of allylic oxidation sites excluding steroid dienone is 2. The first kappa shape index (κ1) is 29.8. The van der Waals surface area contributed by atoms with Crippen molar-refractivity contribution in [2.45, 2.75) is 32.1 Å². The second-order valence-corrected chi connectivity index (χ2v) is 11.6. The average molecular weight is 630 g/mol. The van der Waals surface area contributed by atoms with Gasteiger partial charge in [-0.2, -0.15) is 0 Å². The van der Waals surface area contributed by atoms with Crippen LogP contribution in [-0.2, 0) is 23.9 Å². The normalized spacial score (nSPS) is 20.5. The molecule has 2 aliphatic rings. The molecule has 0 saturated carbocycles. The van der Waals surface area contributed by atoms with Crippen molar-refractivity contribution in [1.82, 2.24) is 0 Å². The van der Waals surface area contributed by atoms with E-state index in [4.69, 9.17) is 38.4 Å². The number of carbonyl (C=O) groups is 3. The molecule has 11 heteroatoms. The first-order valence-corrected chi connectivity index (χ1v) is 15.0. The summed E-state index contributed by atoms with van der Waals surface area (Å²) >= 11 is 14.1. The maximum Gasteiger partial charge on any atom is 0.338 e. The van der Waals surface area contributed by atoms with E-state index in [0.717, 1.165) is 4.88 Å². The van der Waals surface area contributed by atoms with Crippen LogP contribution in [0.1, 0.15) is 42.5 Å². The van der Waals surface area contributed by atoms with Crippen molar-refractivity contribution in [3.05, 3.63) is 109 Å².